The molecule has 6 heteroatoms. The maximum atomic E-state index is 13.4. The first-order valence-corrected chi connectivity index (χ1v) is 15.1. The predicted octanol–water partition coefficient (Wildman–Crippen LogP) is 6.32. The Bertz CT molecular complexity index is 924. The molecule has 1 saturated heterocycles. The number of hydrogen-bond donors (Lipinski definition) is 1. The molecule has 2 atom stereocenters. The van der Waals surface area contributed by atoms with Gasteiger partial charge in [0.2, 0.25) is 0 Å². The van der Waals surface area contributed by atoms with Crippen LogP contribution >= 0.6 is 0 Å². The van der Waals surface area contributed by atoms with Crippen molar-refractivity contribution in [1.82, 2.24) is 4.90 Å². The Hall–Kier alpha value is -2.15. The molecule has 5 nitrogen and oxygen atoms in total. The first kappa shape index (κ1) is 26.5. The van der Waals surface area contributed by atoms with Gasteiger partial charge in [-0.3, -0.25) is 4.90 Å². The van der Waals surface area contributed by atoms with Gasteiger partial charge in [0.15, 0.2) is 8.32 Å². The topological polar surface area (TPSA) is 59.0 Å². The minimum Gasteiger partial charge on any atom is -0.444 e. The summed E-state index contributed by atoms with van der Waals surface area (Å²) in [6.07, 6.45) is -0.0899. The van der Waals surface area contributed by atoms with Crippen molar-refractivity contribution in [3.63, 3.8) is 0 Å². The number of carbonyl (C=O) groups is 1. The standard InChI is InChI=1S/C28H41NO4Si/c1-26(2,3)32-25(30)29-20-23(33-34(7,8)27(4,5)6)19-24(29)28(31,21-15-11-9-12-16-21)22-17-13-10-14-18-22/h9-18,23-24,31H,19-20H2,1-8H3/t23-,24+/m1/s1. The Morgan fingerprint density at radius 1 is 0.912 bits per heavy atom. The summed E-state index contributed by atoms with van der Waals surface area (Å²) >= 11 is 0. The van der Waals surface area contributed by atoms with E-state index >= 15 is 0 Å². The first-order valence-electron chi connectivity index (χ1n) is 12.2. The SMILES string of the molecule is CC(C)(C)OC(=O)N1C[C@H](O[Si](C)(C)C(C)(C)C)C[C@H]1C(O)(c1ccccc1)c1ccccc1. The van der Waals surface area contributed by atoms with E-state index in [4.69, 9.17) is 9.16 Å². The van der Waals surface area contributed by atoms with Gasteiger partial charge in [0.25, 0.3) is 0 Å². The van der Waals surface area contributed by atoms with Crippen LogP contribution in [-0.4, -0.2) is 48.7 Å². The summed E-state index contributed by atoms with van der Waals surface area (Å²) < 4.78 is 12.5. The van der Waals surface area contributed by atoms with Crippen LogP contribution in [0, 0.1) is 0 Å². The van der Waals surface area contributed by atoms with E-state index in [-0.39, 0.29) is 11.1 Å². The lowest BCUT2D eigenvalue weighted by atomic mass is 9.79. The van der Waals surface area contributed by atoms with Crippen molar-refractivity contribution in [2.75, 3.05) is 6.54 Å². The van der Waals surface area contributed by atoms with Crippen LogP contribution in [0.3, 0.4) is 0 Å². The molecule has 0 aliphatic carbocycles. The Morgan fingerprint density at radius 3 is 1.79 bits per heavy atom. The molecule has 0 unspecified atom stereocenters. The number of rotatable bonds is 5. The fourth-order valence-electron chi connectivity index (χ4n) is 4.33. The normalized spacial score (nSPS) is 19.9. The minimum atomic E-state index is -2.09. The smallest absolute Gasteiger partial charge is 0.410 e. The number of hydrogen-bond acceptors (Lipinski definition) is 4. The lowest BCUT2D eigenvalue weighted by Gasteiger charge is -2.40. The summed E-state index contributed by atoms with van der Waals surface area (Å²) in [5.41, 5.74) is -0.566. The molecular weight excluding hydrogens is 442 g/mol. The highest BCUT2D eigenvalue weighted by atomic mass is 28.4. The highest BCUT2D eigenvalue weighted by Gasteiger charge is 2.52. The molecule has 0 spiro atoms. The average molecular weight is 484 g/mol. The van der Waals surface area contributed by atoms with Crippen molar-refractivity contribution in [2.45, 2.75) is 89.4 Å². The Morgan fingerprint density at radius 2 is 1.38 bits per heavy atom. The third kappa shape index (κ3) is 5.56. The second-order valence-electron chi connectivity index (χ2n) is 11.9. The van der Waals surface area contributed by atoms with Gasteiger partial charge in [-0.05, 0) is 56.5 Å². The van der Waals surface area contributed by atoms with E-state index in [0.717, 1.165) is 11.1 Å². The lowest BCUT2D eigenvalue weighted by Crippen LogP contribution is -2.51. The molecule has 1 aliphatic rings. The number of nitrogens with zero attached hydrogens (tertiary/aromatic N) is 1. The fraction of sp³-hybridized carbons (Fsp3) is 0.536. The zero-order valence-corrected chi connectivity index (χ0v) is 23.0. The van der Waals surface area contributed by atoms with Gasteiger partial charge >= 0.3 is 6.09 Å². The zero-order chi connectivity index (χ0) is 25.4. The molecule has 2 aromatic carbocycles. The second-order valence-corrected chi connectivity index (χ2v) is 16.6. The Labute approximate surface area is 206 Å². The van der Waals surface area contributed by atoms with Gasteiger partial charge < -0.3 is 14.3 Å². The molecule has 34 heavy (non-hydrogen) atoms. The van der Waals surface area contributed by atoms with Crippen LogP contribution in [-0.2, 0) is 14.8 Å². The second kappa shape index (κ2) is 9.48. The van der Waals surface area contributed by atoms with Crippen LogP contribution in [0.15, 0.2) is 60.7 Å². The van der Waals surface area contributed by atoms with Gasteiger partial charge in [-0.1, -0.05) is 81.4 Å². The summed E-state index contributed by atoms with van der Waals surface area (Å²) in [7, 11) is -2.09. The number of carbonyl (C=O) groups excluding carboxylic acids is 1. The summed E-state index contributed by atoms with van der Waals surface area (Å²) in [6, 6.07) is 18.7. The third-order valence-corrected chi connectivity index (χ3v) is 11.6. The van der Waals surface area contributed by atoms with Gasteiger partial charge in [0, 0.05) is 6.54 Å². The quantitative estimate of drug-likeness (QED) is 0.505. The van der Waals surface area contributed by atoms with Crippen molar-refractivity contribution in [2.24, 2.45) is 0 Å². The van der Waals surface area contributed by atoms with E-state index in [1.807, 2.05) is 81.4 Å². The number of benzene rings is 2. The largest absolute Gasteiger partial charge is 0.444 e. The molecule has 2 aromatic rings. The van der Waals surface area contributed by atoms with Crippen LogP contribution < -0.4 is 0 Å². The van der Waals surface area contributed by atoms with Crippen molar-refractivity contribution >= 4 is 14.4 Å². The molecule has 186 valence electrons. The first-order chi connectivity index (χ1) is 15.6. The van der Waals surface area contributed by atoms with Crippen LogP contribution in [0.4, 0.5) is 4.79 Å². The number of amides is 1. The van der Waals surface area contributed by atoms with E-state index in [0.29, 0.717) is 13.0 Å². The van der Waals surface area contributed by atoms with Crippen LogP contribution in [0.25, 0.3) is 0 Å². The van der Waals surface area contributed by atoms with Gasteiger partial charge in [-0.2, -0.15) is 0 Å². The minimum absolute atomic E-state index is 0.0387. The van der Waals surface area contributed by atoms with Crippen molar-refractivity contribution in [3.05, 3.63) is 71.8 Å². The molecule has 0 aromatic heterocycles. The number of likely N-dealkylation sites (tertiary alicyclic amines) is 1. The van der Waals surface area contributed by atoms with Gasteiger partial charge in [-0.15, -0.1) is 0 Å². The summed E-state index contributed by atoms with van der Waals surface area (Å²) in [6.45, 7) is 17.0. The zero-order valence-electron chi connectivity index (χ0n) is 22.0. The molecule has 1 heterocycles. The number of aliphatic hydroxyl groups is 1. The molecular formula is C28H41NO4Si. The highest BCUT2D eigenvalue weighted by Crippen LogP contribution is 2.44. The summed E-state index contributed by atoms with van der Waals surface area (Å²) in [5, 5.41) is 12.5. The van der Waals surface area contributed by atoms with E-state index in [1.165, 1.54) is 0 Å². The predicted molar refractivity (Wildman–Crippen MR) is 139 cm³/mol. The van der Waals surface area contributed by atoms with Crippen LogP contribution in [0.1, 0.15) is 59.1 Å². The maximum absolute atomic E-state index is 13.4. The molecule has 1 amide bonds. The van der Waals surface area contributed by atoms with Crippen LogP contribution in [0.2, 0.25) is 18.1 Å². The molecule has 0 saturated carbocycles. The van der Waals surface area contributed by atoms with Gasteiger partial charge in [0.1, 0.15) is 11.2 Å². The van der Waals surface area contributed by atoms with Crippen LogP contribution in [0.5, 0.6) is 0 Å². The van der Waals surface area contributed by atoms with Gasteiger partial charge in [0.05, 0.1) is 12.1 Å². The summed E-state index contributed by atoms with van der Waals surface area (Å²) in [5.74, 6) is 0. The maximum Gasteiger partial charge on any atom is 0.410 e. The van der Waals surface area contributed by atoms with Gasteiger partial charge in [-0.25, -0.2) is 4.79 Å². The molecule has 0 radical (unpaired) electrons. The highest BCUT2D eigenvalue weighted by molar-refractivity contribution is 6.74. The van der Waals surface area contributed by atoms with E-state index in [1.54, 1.807) is 4.90 Å². The Balaban J connectivity index is 2.08. The molecule has 1 fully saturated rings. The van der Waals surface area contributed by atoms with E-state index in [9.17, 15) is 9.90 Å². The van der Waals surface area contributed by atoms with Crippen molar-refractivity contribution < 1.29 is 19.1 Å². The average Bonchev–Trinajstić information content (AvgIpc) is 3.16. The molecule has 1 aliphatic heterocycles. The Kier molecular flexibility index (Phi) is 7.37. The molecule has 0 bridgehead atoms. The lowest BCUT2D eigenvalue weighted by molar-refractivity contribution is -0.0248. The fourth-order valence-corrected chi connectivity index (χ4v) is 5.69. The van der Waals surface area contributed by atoms with Crippen molar-refractivity contribution in [1.29, 1.82) is 0 Å². The molecule has 3 rings (SSSR count). The van der Waals surface area contributed by atoms with Crippen molar-refractivity contribution in [3.8, 4) is 0 Å². The van der Waals surface area contributed by atoms with E-state index in [2.05, 4.69) is 33.9 Å². The monoisotopic (exact) mass is 483 g/mol. The number of ether oxygens (including phenoxy) is 1. The van der Waals surface area contributed by atoms with E-state index < -0.39 is 31.7 Å². The summed E-state index contributed by atoms with van der Waals surface area (Å²) in [4.78, 5) is 15.1. The third-order valence-electron chi connectivity index (χ3n) is 7.07. The molecule has 1 N–H and O–H groups in total.